The molecule has 1 heterocycles. The maximum Gasteiger partial charge on any atom is 0.132 e. The molecule has 1 unspecified atom stereocenters. The predicted molar refractivity (Wildman–Crippen MR) is 76.7 cm³/mol. The highest BCUT2D eigenvalue weighted by molar-refractivity contribution is 6.31. The molecule has 0 amide bonds. The lowest BCUT2D eigenvalue weighted by Crippen LogP contribution is -2.30. The molecule has 0 bridgehead atoms. The van der Waals surface area contributed by atoms with Crippen molar-refractivity contribution in [2.24, 2.45) is 0 Å². The van der Waals surface area contributed by atoms with Crippen molar-refractivity contribution in [3.05, 3.63) is 41.4 Å². The van der Waals surface area contributed by atoms with Crippen molar-refractivity contribution in [2.45, 2.75) is 38.0 Å². The fourth-order valence-electron chi connectivity index (χ4n) is 2.64. The lowest BCUT2D eigenvalue weighted by atomic mass is 10.1. The zero-order valence-electron chi connectivity index (χ0n) is 11.0. The highest BCUT2D eigenvalue weighted by Gasteiger charge is 2.20. The second-order valence-corrected chi connectivity index (χ2v) is 5.53. The number of nitrogens with one attached hydrogen (secondary N) is 1. The van der Waals surface area contributed by atoms with Crippen LogP contribution in [-0.4, -0.2) is 25.9 Å². The number of halogens is 1. The average Bonchev–Trinajstić information content (AvgIpc) is 3.11. The smallest absolute Gasteiger partial charge is 0.132 e. The van der Waals surface area contributed by atoms with Crippen molar-refractivity contribution < 1.29 is 5.11 Å². The highest BCUT2D eigenvalue weighted by Crippen LogP contribution is 2.27. The van der Waals surface area contributed by atoms with Crippen LogP contribution in [0.25, 0.3) is 5.69 Å². The summed E-state index contributed by atoms with van der Waals surface area (Å²) >= 11 is 6.20. The zero-order chi connectivity index (χ0) is 13.9. The topological polar surface area (TPSA) is 63.0 Å². The van der Waals surface area contributed by atoms with Crippen LogP contribution in [0.15, 0.2) is 30.9 Å². The fourth-order valence-corrected chi connectivity index (χ4v) is 2.86. The van der Waals surface area contributed by atoms with E-state index in [1.165, 1.54) is 12.8 Å². The van der Waals surface area contributed by atoms with Gasteiger partial charge in [-0.3, -0.25) is 9.88 Å². The second kappa shape index (κ2) is 5.91. The number of benzene rings is 1. The Labute approximate surface area is 122 Å². The molecule has 2 N–H and O–H groups in total. The van der Waals surface area contributed by atoms with Gasteiger partial charge in [-0.2, -0.15) is 0 Å². The van der Waals surface area contributed by atoms with E-state index < -0.39 is 6.23 Å². The Morgan fingerprint density at radius 3 is 2.65 bits per heavy atom. The summed E-state index contributed by atoms with van der Waals surface area (Å²) in [6.45, 7) is 0. The summed E-state index contributed by atoms with van der Waals surface area (Å²) in [7, 11) is 0. The van der Waals surface area contributed by atoms with E-state index in [4.69, 9.17) is 11.6 Å². The van der Waals surface area contributed by atoms with Crippen molar-refractivity contribution in [1.29, 1.82) is 0 Å². The second-order valence-electron chi connectivity index (χ2n) is 5.13. The van der Waals surface area contributed by atoms with E-state index >= 15 is 0 Å². The third-order valence-electron chi connectivity index (χ3n) is 3.74. The third kappa shape index (κ3) is 2.85. The van der Waals surface area contributed by atoms with Gasteiger partial charge in [-0.15, -0.1) is 10.2 Å². The predicted octanol–water partition coefficient (Wildman–Crippen LogP) is 2.44. The third-order valence-corrected chi connectivity index (χ3v) is 4.08. The van der Waals surface area contributed by atoms with Crippen LogP contribution in [0.5, 0.6) is 0 Å². The summed E-state index contributed by atoms with van der Waals surface area (Å²) in [4.78, 5) is 0. The van der Waals surface area contributed by atoms with Crippen molar-refractivity contribution in [1.82, 2.24) is 20.1 Å². The van der Waals surface area contributed by atoms with Gasteiger partial charge in [-0.05, 0) is 31.0 Å². The van der Waals surface area contributed by atoms with E-state index in [-0.39, 0.29) is 0 Å². The quantitative estimate of drug-likeness (QED) is 0.850. The Balaban J connectivity index is 1.82. The first kappa shape index (κ1) is 13.5. The Morgan fingerprint density at radius 2 is 1.95 bits per heavy atom. The van der Waals surface area contributed by atoms with Crippen LogP contribution in [0, 0.1) is 0 Å². The minimum Gasteiger partial charge on any atom is -0.374 e. The number of rotatable bonds is 4. The van der Waals surface area contributed by atoms with Gasteiger partial charge in [-0.25, -0.2) is 0 Å². The molecule has 0 spiro atoms. The van der Waals surface area contributed by atoms with Crippen LogP contribution in [0.2, 0.25) is 5.02 Å². The van der Waals surface area contributed by atoms with Crippen molar-refractivity contribution in [2.75, 3.05) is 0 Å². The lowest BCUT2D eigenvalue weighted by molar-refractivity contribution is 0.124. The summed E-state index contributed by atoms with van der Waals surface area (Å²) in [6.07, 6.45) is 7.15. The average molecular weight is 293 g/mol. The summed E-state index contributed by atoms with van der Waals surface area (Å²) in [6, 6.07) is 5.89. The molecular formula is C14H17ClN4O. The molecule has 1 fully saturated rings. The molecule has 5 nitrogen and oxygen atoms in total. The fraction of sp³-hybridized carbons (Fsp3) is 0.429. The highest BCUT2D eigenvalue weighted by atomic mass is 35.5. The molecule has 106 valence electrons. The van der Waals surface area contributed by atoms with E-state index in [2.05, 4.69) is 15.5 Å². The van der Waals surface area contributed by atoms with Gasteiger partial charge in [-0.1, -0.05) is 24.4 Å². The maximum atomic E-state index is 10.3. The van der Waals surface area contributed by atoms with Gasteiger partial charge in [0.25, 0.3) is 0 Å². The van der Waals surface area contributed by atoms with Crippen LogP contribution in [-0.2, 0) is 0 Å². The molecule has 1 aromatic carbocycles. The van der Waals surface area contributed by atoms with E-state index in [1.54, 1.807) is 23.3 Å². The molecule has 0 radical (unpaired) electrons. The van der Waals surface area contributed by atoms with Crippen LogP contribution < -0.4 is 5.32 Å². The van der Waals surface area contributed by atoms with E-state index in [1.807, 2.05) is 12.1 Å². The number of aromatic nitrogens is 3. The van der Waals surface area contributed by atoms with Gasteiger partial charge < -0.3 is 5.11 Å². The van der Waals surface area contributed by atoms with Gasteiger partial charge >= 0.3 is 0 Å². The van der Waals surface area contributed by atoms with Crippen molar-refractivity contribution in [3.8, 4) is 5.69 Å². The number of hydrogen-bond acceptors (Lipinski definition) is 4. The normalized spacial score (nSPS) is 17.5. The summed E-state index contributed by atoms with van der Waals surface area (Å²) in [5.74, 6) is 0. The Hall–Kier alpha value is -1.43. The Morgan fingerprint density at radius 1 is 1.25 bits per heavy atom. The van der Waals surface area contributed by atoms with Gasteiger partial charge in [0.1, 0.15) is 18.9 Å². The van der Waals surface area contributed by atoms with E-state index in [9.17, 15) is 5.11 Å². The number of aliphatic hydroxyl groups excluding tert-OH is 1. The molecule has 0 saturated heterocycles. The minimum absolute atomic E-state index is 0.375. The van der Waals surface area contributed by atoms with Gasteiger partial charge in [0.05, 0.1) is 0 Å². The first-order valence-electron chi connectivity index (χ1n) is 6.82. The number of aliphatic hydroxyl groups is 1. The SMILES string of the molecule is OC(NC1CCCC1)c1cc(-n2cnnc2)ccc1Cl. The Kier molecular flexibility index (Phi) is 4.00. The molecule has 1 saturated carbocycles. The van der Waals surface area contributed by atoms with Crippen molar-refractivity contribution in [3.63, 3.8) is 0 Å². The van der Waals surface area contributed by atoms with E-state index in [0.717, 1.165) is 18.5 Å². The first-order valence-corrected chi connectivity index (χ1v) is 7.20. The molecule has 1 aliphatic carbocycles. The maximum absolute atomic E-state index is 10.3. The van der Waals surface area contributed by atoms with Crippen LogP contribution in [0.3, 0.4) is 0 Å². The van der Waals surface area contributed by atoms with Crippen LogP contribution in [0.4, 0.5) is 0 Å². The monoisotopic (exact) mass is 292 g/mol. The zero-order valence-corrected chi connectivity index (χ0v) is 11.8. The van der Waals surface area contributed by atoms with Gasteiger partial charge in [0.2, 0.25) is 0 Å². The molecule has 1 aliphatic rings. The minimum atomic E-state index is -0.748. The first-order chi connectivity index (χ1) is 9.74. The molecule has 2 aromatic rings. The molecule has 0 aliphatic heterocycles. The molecule has 20 heavy (non-hydrogen) atoms. The largest absolute Gasteiger partial charge is 0.374 e. The number of hydrogen-bond donors (Lipinski definition) is 2. The van der Waals surface area contributed by atoms with Crippen molar-refractivity contribution >= 4 is 11.6 Å². The summed E-state index contributed by atoms with van der Waals surface area (Å²) in [5.41, 5.74) is 1.56. The number of nitrogens with zero attached hydrogens (tertiary/aromatic N) is 3. The molecular weight excluding hydrogens is 276 g/mol. The standard InChI is InChI=1S/C14H17ClN4O/c15-13-6-5-11(19-8-16-17-9-19)7-12(13)14(20)18-10-3-1-2-4-10/h5-10,14,18,20H,1-4H2. The Bertz CT molecular complexity index is 567. The lowest BCUT2D eigenvalue weighted by Gasteiger charge is -2.20. The van der Waals surface area contributed by atoms with Crippen LogP contribution >= 0.6 is 11.6 Å². The molecule has 1 aromatic heterocycles. The van der Waals surface area contributed by atoms with Gasteiger partial charge in [0, 0.05) is 22.3 Å². The molecule has 6 heteroatoms. The summed E-state index contributed by atoms with van der Waals surface area (Å²) < 4.78 is 1.78. The van der Waals surface area contributed by atoms with Gasteiger partial charge in [0.15, 0.2) is 0 Å². The molecule has 1 atom stereocenters. The molecule has 3 rings (SSSR count). The summed E-state index contributed by atoms with van der Waals surface area (Å²) in [5, 5.41) is 21.7. The van der Waals surface area contributed by atoms with Crippen LogP contribution in [0.1, 0.15) is 37.5 Å². The van der Waals surface area contributed by atoms with E-state index in [0.29, 0.717) is 16.6 Å².